The van der Waals surface area contributed by atoms with Gasteiger partial charge in [-0.2, -0.15) is 0 Å². The van der Waals surface area contributed by atoms with Crippen molar-refractivity contribution in [3.8, 4) is 0 Å². The average molecular weight is 238 g/mol. The first-order valence-electron chi connectivity index (χ1n) is 7.22. The normalized spacial score (nSPS) is 26.7. The molecule has 17 heavy (non-hydrogen) atoms. The van der Waals surface area contributed by atoms with Crippen molar-refractivity contribution in [3.05, 3.63) is 12.7 Å². The van der Waals surface area contributed by atoms with Gasteiger partial charge in [0.25, 0.3) is 0 Å². The van der Waals surface area contributed by atoms with E-state index in [0.29, 0.717) is 11.6 Å². The van der Waals surface area contributed by atoms with Crippen LogP contribution in [0.25, 0.3) is 0 Å². The molecule has 0 spiro atoms. The highest BCUT2D eigenvalue weighted by Crippen LogP contribution is 2.26. The first kappa shape index (κ1) is 14.7. The Hall–Kier alpha value is -0.340. The lowest BCUT2D eigenvalue weighted by Gasteiger charge is -2.49. The monoisotopic (exact) mass is 238 g/mol. The first-order chi connectivity index (χ1) is 8.12. The maximum Gasteiger partial charge on any atom is 0.0304 e. The molecule has 0 aliphatic carbocycles. The molecule has 0 bridgehead atoms. The van der Waals surface area contributed by atoms with Crippen molar-refractivity contribution in [3.63, 3.8) is 0 Å². The molecule has 2 heteroatoms. The molecule has 1 aliphatic rings. The van der Waals surface area contributed by atoms with E-state index in [2.05, 4.69) is 50.6 Å². The molecular weight excluding hydrogens is 208 g/mol. The third kappa shape index (κ3) is 3.32. The molecule has 1 heterocycles. The van der Waals surface area contributed by atoms with Crippen LogP contribution in [0.1, 0.15) is 47.0 Å². The van der Waals surface area contributed by atoms with Crippen LogP contribution in [-0.2, 0) is 0 Å². The highest BCUT2D eigenvalue weighted by atomic mass is 15.3. The van der Waals surface area contributed by atoms with Gasteiger partial charge in [-0.3, -0.25) is 4.90 Å². The van der Waals surface area contributed by atoms with Gasteiger partial charge >= 0.3 is 0 Å². The quantitative estimate of drug-likeness (QED) is 0.716. The van der Waals surface area contributed by atoms with Crippen molar-refractivity contribution in [1.82, 2.24) is 10.2 Å². The van der Waals surface area contributed by atoms with Crippen molar-refractivity contribution < 1.29 is 0 Å². The summed E-state index contributed by atoms with van der Waals surface area (Å²) in [6, 6.07) is 0.671. The van der Waals surface area contributed by atoms with E-state index in [1.807, 2.05) is 0 Å². The zero-order valence-electron chi connectivity index (χ0n) is 12.1. The molecule has 0 saturated carbocycles. The smallest absolute Gasteiger partial charge is 0.0304 e. The van der Waals surface area contributed by atoms with Crippen LogP contribution in [0.5, 0.6) is 0 Å². The van der Waals surface area contributed by atoms with Gasteiger partial charge in [0.1, 0.15) is 0 Å². The maximum absolute atomic E-state index is 3.91. The summed E-state index contributed by atoms with van der Waals surface area (Å²) in [6.45, 7) is 16.5. The molecule has 1 rings (SSSR count). The zero-order chi connectivity index (χ0) is 12.9. The predicted octanol–water partition coefficient (Wildman–Crippen LogP) is 3.05. The van der Waals surface area contributed by atoms with Gasteiger partial charge in [-0.05, 0) is 18.8 Å². The molecule has 0 radical (unpaired) electrons. The fourth-order valence-electron chi connectivity index (χ4n) is 2.93. The molecule has 1 saturated heterocycles. The van der Waals surface area contributed by atoms with Crippen LogP contribution >= 0.6 is 0 Å². The van der Waals surface area contributed by atoms with E-state index in [1.165, 1.54) is 25.8 Å². The molecule has 0 amide bonds. The number of hydrogen-bond donors (Lipinski definition) is 1. The molecule has 0 aromatic rings. The first-order valence-corrected chi connectivity index (χ1v) is 7.22. The van der Waals surface area contributed by atoms with Crippen LogP contribution in [0.2, 0.25) is 0 Å². The molecule has 0 aromatic carbocycles. The van der Waals surface area contributed by atoms with E-state index in [1.54, 1.807) is 0 Å². The minimum Gasteiger partial charge on any atom is -0.308 e. The van der Waals surface area contributed by atoms with E-state index in [-0.39, 0.29) is 0 Å². The average Bonchev–Trinajstić information content (AvgIpc) is 2.38. The second-order valence-electron chi connectivity index (χ2n) is 5.54. The standard InChI is InChI=1S/C15H30N2/c1-6-10-17-12-15(8-3,9-4)16-11-14(17)13(5)7-2/h6,13-14,16H,1,7-12H2,2-5H3. The van der Waals surface area contributed by atoms with Gasteiger partial charge in [-0.1, -0.05) is 40.2 Å². The Kier molecular flexibility index (Phi) is 5.68. The lowest BCUT2D eigenvalue weighted by Crippen LogP contribution is -2.65. The van der Waals surface area contributed by atoms with Gasteiger partial charge in [0.2, 0.25) is 0 Å². The minimum absolute atomic E-state index is 0.326. The zero-order valence-corrected chi connectivity index (χ0v) is 12.1. The number of hydrogen-bond acceptors (Lipinski definition) is 2. The molecule has 2 nitrogen and oxygen atoms in total. The Bertz CT molecular complexity index is 233. The maximum atomic E-state index is 3.91. The van der Waals surface area contributed by atoms with Crippen LogP contribution in [0.4, 0.5) is 0 Å². The number of nitrogens with one attached hydrogen (secondary N) is 1. The summed E-state index contributed by atoms with van der Waals surface area (Å²) in [5, 5.41) is 3.81. The summed E-state index contributed by atoms with van der Waals surface area (Å²) in [5.74, 6) is 0.758. The Labute approximate surface area is 107 Å². The number of piperazine rings is 1. The summed E-state index contributed by atoms with van der Waals surface area (Å²) in [6.07, 6.45) is 5.73. The number of rotatable bonds is 6. The van der Waals surface area contributed by atoms with E-state index >= 15 is 0 Å². The Morgan fingerprint density at radius 3 is 2.53 bits per heavy atom. The predicted molar refractivity (Wildman–Crippen MR) is 76.3 cm³/mol. The summed E-state index contributed by atoms with van der Waals surface area (Å²) in [4.78, 5) is 2.63. The third-order valence-electron chi connectivity index (χ3n) is 4.68. The lowest BCUT2D eigenvalue weighted by molar-refractivity contribution is 0.0551. The SMILES string of the molecule is C=CCN1CC(CC)(CC)NCC1C(C)CC. The summed E-state index contributed by atoms with van der Waals surface area (Å²) in [7, 11) is 0. The molecular formula is C15H30N2. The van der Waals surface area contributed by atoms with Crippen molar-refractivity contribution >= 4 is 0 Å². The molecule has 1 fully saturated rings. The van der Waals surface area contributed by atoms with Crippen LogP contribution < -0.4 is 5.32 Å². The summed E-state index contributed by atoms with van der Waals surface area (Å²) >= 11 is 0. The summed E-state index contributed by atoms with van der Waals surface area (Å²) < 4.78 is 0. The minimum atomic E-state index is 0.326. The highest BCUT2D eigenvalue weighted by Gasteiger charge is 2.37. The van der Waals surface area contributed by atoms with Gasteiger partial charge in [0, 0.05) is 31.2 Å². The van der Waals surface area contributed by atoms with E-state index < -0.39 is 0 Å². The lowest BCUT2D eigenvalue weighted by atomic mass is 9.85. The fourth-order valence-corrected chi connectivity index (χ4v) is 2.93. The molecule has 100 valence electrons. The van der Waals surface area contributed by atoms with E-state index in [4.69, 9.17) is 0 Å². The Morgan fingerprint density at radius 2 is 2.06 bits per heavy atom. The molecule has 0 aromatic heterocycles. The van der Waals surface area contributed by atoms with E-state index in [0.717, 1.165) is 19.0 Å². The van der Waals surface area contributed by atoms with Crippen LogP contribution in [0.3, 0.4) is 0 Å². The topological polar surface area (TPSA) is 15.3 Å². The van der Waals surface area contributed by atoms with Gasteiger partial charge in [0.05, 0.1) is 0 Å². The van der Waals surface area contributed by atoms with Crippen LogP contribution in [0.15, 0.2) is 12.7 Å². The molecule has 1 aliphatic heterocycles. The Balaban J connectivity index is 2.76. The Morgan fingerprint density at radius 1 is 1.41 bits per heavy atom. The second-order valence-corrected chi connectivity index (χ2v) is 5.54. The van der Waals surface area contributed by atoms with Crippen LogP contribution in [-0.4, -0.2) is 36.1 Å². The van der Waals surface area contributed by atoms with Gasteiger partial charge in [0.15, 0.2) is 0 Å². The van der Waals surface area contributed by atoms with Crippen molar-refractivity contribution in [2.75, 3.05) is 19.6 Å². The van der Waals surface area contributed by atoms with Gasteiger partial charge < -0.3 is 5.32 Å². The van der Waals surface area contributed by atoms with Crippen molar-refractivity contribution in [2.45, 2.75) is 58.5 Å². The molecule has 1 N–H and O–H groups in total. The fraction of sp³-hybridized carbons (Fsp3) is 0.867. The van der Waals surface area contributed by atoms with Crippen molar-refractivity contribution in [1.29, 1.82) is 0 Å². The highest BCUT2D eigenvalue weighted by molar-refractivity contribution is 4.99. The van der Waals surface area contributed by atoms with Crippen LogP contribution in [0, 0.1) is 5.92 Å². The second kappa shape index (κ2) is 6.55. The third-order valence-corrected chi connectivity index (χ3v) is 4.68. The van der Waals surface area contributed by atoms with Gasteiger partial charge in [-0.15, -0.1) is 6.58 Å². The molecule has 2 atom stereocenters. The summed E-state index contributed by atoms with van der Waals surface area (Å²) in [5.41, 5.74) is 0.326. The molecule has 2 unspecified atom stereocenters. The largest absolute Gasteiger partial charge is 0.308 e. The van der Waals surface area contributed by atoms with Gasteiger partial charge in [-0.25, -0.2) is 0 Å². The van der Waals surface area contributed by atoms with E-state index in [9.17, 15) is 0 Å². The number of nitrogens with zero attached hydrogens (tertiary/aromatic N) is 1. The van der Waals surface area contributed by atoms with Crippen molar-refractivity contribution in [2.24, 2.45) is 5.92 Å².